The van der Waals surface area contributed by atoms with Gasteiger partial charge in [-0.25, -0.2) is 4.79 Å². The number of hydrogen-bond donors (Lipinski definition) is 3. The molecule has 150 valence electrons. The van der Waals surface area contributed by atoms with Crippen molar-refractivity contribution >= 4 is 50.8 Å². The number of phenolic OH excluding ortho intramolecular Hbond substituents is 1. The smallest absolute Gasteiger partial charge is 0.341 e. The highest BCUT2D eigenvalue weighted by Gasteiger charge is 2.35. The van der Waals surface area contributed by atoms with Crippen molar-refractivity contribution < 1.29 is 20.4 Å². The van der Waals surface area contributed by atoms with Gasteiger partial charge < -0.3 is 15.0 Å². The third-order valence-electron chi connectivity index (χ3n) is 5.75. The highest BCUT2D eigenvalue weighted by molar-refractivity contribution is 6.19. The van der Waals surface area contributed by atoms with Crippen LogP contribution in [0.1, 0.15) is 32.3 Å². The summed E-state index contributed by atoms with van der Waals surface area (Å²) in [4.78, 5) is 29.7. The Morgan fingerprint density at radius 2 is 1.90 bits per heavy atom. The molecule has 1 aromatic heterocycles. The minimum absolute atomic E-state index is 0.0316. The van der Waals surface area contributed by atoms with E-state index in [1.165, 1.54) is 0 Å². The molecule has 0 saturated carbocycles. The molecule has 5 rings (SSSR count). The lowest BCUT2D eigenvalue weighted by Gasteiger charge is -2.17. The Hall–Kier alpha value is -3.35. The first-order valence-corrected chi connectivity index (χ1v) is 10.1. The molecule has 1 unspecified atom stereocenters. The largest absolute Gasteiger partial charge is 0.507 e. The van der Waals surface area contributed by atoms with Crippen LogP contribution in [0.2, 0.25) is 0 Å². The van der Waals surface area contributed by atoms with Gasteiger partial charge in [0.1, 0.15) is 11.4 Å². The molecule has 0 spiro atoms. The number of fused-ring (bicyclic) bond motifs is 4. The summed E-state index contributed by atoms with van der Waals surface area (Å²) < 4.78 is 0. The number of benzene rings is 3. The molecule has 0 saturated heterocycles. The molecule has 2 amide bonds. The topological polar surface area (TPSA) is 101 Å². The van der Waals surface area contributed by atoms with Crippen LogP contribution in [0, 0.1) is 0 Å². The van der Waals surface area contributed by atoms with Crippen LogP contribution in [-0.2, 0) is 0 Å². The molecule has 0 aliphatic carbocycles. The summed E-state index contributed by atoms with van der Waals surface area (Å²) in [6, 6.07) is 16.1. The summed E-state index contributed by atoms with van der Waals surface area (Å²) in [7, 11) is 0. The van der Waals surface area contributed by atoms with Crippen molar-refractivity contribution in [1.82, 2.24) is 4.98 Å². The van der Waals surface area contributed by atoms with E-state index in [-0.39, 0.29) is 23.5 Å². The van der Waals surface area contributed by atoms with Gasteiger partial charge in [0.05, 0.1) is 11.3 Å². The second-order valence-electron chi connectivity index (χ2n) is 7.55. The molecule has 0 bridgehead atoms. The predicted octanol–water partition coefficient (Wildman–Crippen LogP) is 3.39. The van der Waals surface area contributed by atoms with Gasteiger partial charge in [0.2, 0.25) is 0 Å². The van der Waals surface area contributed by atoms with E-state index in [1.807, 2.05) is 24.3 Å². The fourth-order valence-corrected chi connectivity index (χ4v) is 4.56. The average molecular weight is 421 g/mol. The maximum absolute atomic E-state index is 13.4. The molecule has 4 aromatic rings. The number of H-pyrrole nitrogens is 1. The molecule has 6 nitrogen and oxygen atoms in total. The number of nitrogens with one attached hydrogen (secondary N) is 1. The number of hydrogen-bond acceptors (Lipinski definition) is 3. The van der Waals surface area contributed by atoms with Gasteiger partial charge in [-0.1, -0.05) is 24.3 Å². The van der Waals surface area contributed by atoms with Crippen molar-refractivity contribution in [3.05, 3.63) is 71.4 Å². The van der Waals surface area contributed by atoms with Crippen molar-refractivity contribution in [2.75, 3.05) is 17.3 Å². The van der Waals surface area contributed by atoms with E-state index in [0.29, 0.717) is 29.4 Å². The van der Waals surface area contributed by atoms with Gasteiger partial charge in [-0.2, -0.15) is 0 Å². The highest BCUT2D eigenvalue weighted by Crippen LogP contribution is 2.45. The van der Waals surface area contributed by atoms with E-state index >= 15 is 0 Å². The van der Waals surface area contributed by atoms with Gasteiger partial charge in [-0.05, 0) is 35.2 Å². The number of carbonyl (C=O) groups is 2. The second kappa shape index (κ2) is 6.86. The SMILES string of the molecule is [NH3+]C(=O)c1ccc2[nH]c(C(=O)N3CC(CCl)c4c3cc(O)c3ccccc43)cc2c1. The number of phenols is 1. The van der Waals surface area contributed by atoms with Crippen LogP contribution in [0.5, 0.6) is 5.75 Å². The number of aromatic hydroxyl groups is 1. The fourth-order valence-electron chi connectivity index (χ4n) is 4.31. The first-order valence-electron chi connectivity index (χ1n) is 9.59. The van der Waals surface area contributed by atoms with Crippen LogP contribution in [0.25, 0.3) is 21.7 Å². The van der Waals surface area contributed by atoms with Gasteiger partial charge in [0.25, 0.3) is 5.91 Å². The van der Waals surface area contributed by atoms with Crippen LogP contribution < -0.4 is 10.6 Å². The lowest BCUT2D eigenvalue weighted by Crippen LogP contribution is -2.56. The molecule has 7 heteroatoms. The Morgan fingerprint density at radius 1 is 1.13 bits per heavy atom. The van der Waals surface area contributed by atoms with E-state index < -0.39 is 0 Å². The molecule has 1 atom stereocenters. The van der Waals surface area contributed by atoms with Crippen molar-refractivity contribution in [1.29, 1.82) is 0 Å². The lowest BCUT2D eigenvalue weighted by molar-refractivity contribution is -0.255. The molecule has 1 aliphatic heterocycles. The number of amides is 2. The maximum Gasteiger partial charge on any atom is 0.341 e. The summed E-state index contributed by atoms with van der Waals surface area (Å²) in [5, 5.41) is 13.0. The Bertz CT molecular complexity index is 1340. The van der Waals surface area contributed by atoms with Crippen molar-refractivity contribution in [2.24, 2.45) is 0 Å². The van der Waals surface area contributed by atoms with Gasteiger partial charge in [0.15, 0.2) is 0 Å². The number of aromatic nitrogens is 1. The van der Waals surface area contributed by atoms with Gasteiger partial charge in [-0.3, -0.25) is 10.5 Å². The molecule has 5 N–H and O–H groups in total. The van der Waals surface area contributed by atoms with Crippen molar-refractivity contribution in [3.63, 3.8) is 0 Å². The number of quaternary nitrogens is 1. The van der Waals surface area contributed by atoms with Crippen LogP contribution in [0.15, 0.2) is 54.6 Å². The van der Waals surface area contributed by atoms with E-state index in [9.17, 15) is 14.7 Å². The van der Waals surface area contributed by atoms with Crippen LogP contribution >= 0.6 is 11.6 Å². The Balaban J connectivity index is 1.61. The standard InChI is InChI=1S/C23H18ClN3O3/c24-10-14-11-27(19-9-20(28)15-3-1-2-4-16(15)21(14)19)23(30)18-8-13-7-12(22(25)29)5-6-17(13)26-18/h1-9,14,26,28H,10-11H2,(H2,25,29)/p+1. The first kappa shape index (κ1) is 18.7. The van der Waals surface area contributed by atoms with E-state index in [4.69, 9.17) is 11.6 Å². The van der Waals surface area contributed by atoms with Crippen LogP contribution in [0.3, 0.4) is 0 Å². The number of alkyl halides is 1. The minimum atomic E-state index is -0.272. The third kappa shape index (κ3) is 2.76. The van der Waals surface area contributed by atoms with Gasteiger partial charge >= 0.3 is 5.91 Å². The maximum atomic E-state index is 13.4. The zero-order valence-corrected chi connectivity index (χ0v) is 16.7. The number of carbonyl (C=O) groups excluding carboxylic acids is 2. The Kier molecular flexibility index (Phi) is 4.27. The molecule has 2 heterocycles. The summed E-state index contributed by atoms with van der Waals surface area (Å²) >= 11 is 6.26. The first-order chi connectivity index (χ1) is 14.5. The fraction of sp³-hybridized carbons (Fsp3) is 0.130. The third-order valence-corrected chi connectivity index (χ3v) is 6.12. The van der Waals surface area contributed by atoms with E-state index in [2.05, 4.69) is 10.7 Å². The van der Waals surface area contributed by atoms with Crippen molar-refractivity contribution in [3.8, 4) is 5.75 Å². The average Bonchev–Trinajstić information content (AvgIpc) is 3.34. The van der Waals surface area contributed by atoms with Crippen molar-refractivity contribution in [2.45, 2.75) is 5.92 Å². The minimum Gasteiger partial charge on any atom is -0.507 e. The molecule has 0 fully saturated rings. The van der Waals surface area contributed by atoms with E-state index in [0.717, 1.165) is 27.2 Å². The molecular weight excluding hydrogens is 402 g/mol. The Morgan fingerprint density at radius 3 is 2.63 bits per heavy atom. The summed E-state index contributed by atoms with van der Waals surface area (Å²) in [5.41, 5.74) is 6.75. The number of aromatic amines is 1. The quantitative estimate of drug-likeness (QED) is 0.443. The monoisotopic (exact) mass is 420 g/mol. The zero-order chi connectivity index (χ0) is 21.0. The number of nitrogens with zero attached hydrogens (tertiary/aromatic N) is 1. The molecule has 1 aliphatic rings. The Labute approximate surface area is 176 Å². The normalized spacial score (nSPS) is 15.7. The molecular formula is C23H19ClN3O3+. The van der Waals surface area contributed by atoms with Gasteiger partial charge in [0, 0.05) is 40.7 Å². The molecule has 0 radical (unpaired) electrons. The zero-order valence-electron chi connectivity index (χ0n) is 16.0. The number of anilines is 1. The summed E-state index contributed by atoms with van der Waals surface area (Å²) in [6.07, 6.45) is 0. The summed E-state index contributed by atoms with van der Waals surface area (Å²) in [6.45, 7) is 0.434. The molecule has 30 heavy (non-hydrogen) atoms. The van der Waals surface area contributed by atoms with E-state index in [1.54, 1.807) is 35.2 Å². The van der Waals surface area contributed by atoms with Crippen LogP contribution in [-0.4, -0.2) is 34.3 Å². The second-order valence-corrected chi connectivity index (χ2v) is 7.86. The number of rotatable bonds is 3. The highest BCUT2D eigenvalue weighted by atomic mass is 35.5. The lowest BCUT2D eigenvalue weighted by atomic mass is 9.95. The van der Waals surface area contributed by atoms with Gasteiger partial charge in [-0.15, -0.1) is 11.6 Å². The van der Waals surface area contributed by atoms with Crippen LogP contribution in [0.4, 0.5) is 5.69 Å². The number of halogens is 1. The predicted molar refractivity (Wildman–Crippen MR) is 116 cm³/mol. The summed E-state index contributed by atoms with van der Waals surface area (Å²) in [5.74, 6) is -0.0137. The molecule has 3 aromatic carbocycles.